The van der Waals surface area contributed by atoms with Gasteiger partial charge in [-0.1, -0.05) is 47.5 Å². The number of hydrogen-bond donors (Lipinski definition) is 1. The average molecular weight is 377 g/mol. The zero-order valence-electron chi connectivity index (χ0n) is 13.5. The maximum Gasteiger partial charge on any atom is 0.239 e. The third-order valence-corrected chi connectivity index (χ3v) is 4.82. The van der Waals surface area contributed by atoms with E-state index in [9.17, 15) is 9.59 Å². The van der Waals surface area contributed by atoms with Crippen LogP contribution >= 0.6 is 23.2 Å². The van der Waals surface area contributed by atoms with Crippen LogP contribution in [0.3, 0.4) is 0 Å². The van der Waals surface area contributed by atoms with E-state index >= 15 is 0 Å². The molecule has 0 spiro atoms. The van der Waals surface area contributed by atoms with E-state index in [1.54, 1.807) is 4.90 Å². The standard InChI is InChI=1S/C19H18Cl2N2O2/c20-15-5-1-13(2-6-15)17(14-3-7-16(21)8-4-14)11-19(25)23-10-9-22-18(24)12-23/h1-8,17H,9-12H2,(H,22,24). The molecular weight excluding hydrogens is 359 g/mol. The molecule has 25 heavy (non-hydrogen) atoms. The molecule has 0 atom stereocenters. The second kappa shape index (κ2) is 7.89. The molecule has 0 radical (unpaired) electrons. The Labute approximate surface area is 156 Å². The second-order valence-corrected chi connectivity index (χ2v) is 6.90. The maximum absolute atomic E-state index is 12.7. The second-order valence-electron chi connectivity index (χ2n) is 6.03. The first-order valence-electron chi connectivity index (χ1n) is 8.08. The minimum absolute atomic E-state index is 0.0373. The summed E-state index contributed by atoms with van der Waals surface area (Å²) in [6, 6.07) is 15.0. The van der Waals surface area contributed by atoms with Gasteiger partial charge in [-0.3, -0.25) is 9.59 Å². The first-order chi connectivity index (χ1) is 12.0. The lowest BCUT2D eigenvalue weighted by molar-refractivity contribution is -0.138. The normalized spacial score (nSPS) is 14.5. The van der Waals surface area contributed by atoms with Gasteiger partial charge in [0.1, 0.15) is 0 Å². The van der Waals surface area contributed by atoms with Gasteiger partial charge in [0.15, 0.2) is 0 Å². The van der Waals surface area contributed by atoms with Crippen LogP contribution in [0.4, 0.5) is 0 Å². The van der Waals surface area contributed by atoms with Crippen molar-refractivity contribution in [2.24, 2.45) is 0 Å². The number of amides is 2. The molecule has 130 valence electrons. The van der Waals surface area contributed by atoms with Crippen LogP contribution in [0.5, 0.6) is 0 Å². The smallest absolute Gasteiger partial charge is 0.239 e. The van der Waals surface area contributed by atoms with Crippen molar-refractivity contribution in [3.63, 3.8) is 0 Å². The molecule has 0 unspecified atom stereocenters. The quantitative estimate of drug-likeness (QED) is 0.887. The fourth-order valence-electron chi connectivity index (χ4n) is 2.97. The summed E-state index contributed by atoms with van der Waals surface area (Å²) in [6.45, 7) is 1.16. The third-order valence-electron chi connectivity index (χ3n) is 4.31. The number of halogens is 2. The highest BCUT2D eigenvalue weighted by Gasteiger charge is 2.25. The van der Waals surface area contributed by atoms with Crippen molar-refractivity contribution in [2.75, 3.05) is 19.6 Å². The van der Waals surface area contributed by atoms with Gasteiger partial charge in [0.05, 0.1) is 6.54 Å². The molecule has 2 aromatic rings. The molecule has 0 saturated carbocycles. The summed E-state index contributed by atoms with van der Waals surface area (Å²) in [5.41, 5.74) is 2.00. The van der Waals surface area contributed by atoms with Crippen molar-refractivity contribution in [3.8, 4) is 0 Å². The molecule has 2 amide bonds. The molecular formula is C19H18Cl2N2O2. The van der Waals surface area contributed by atoms with Gasteiger partial charge in [-0.25, -0.2) is 0 Å². The Balaban J connectivity index is 1.85. The zero-order valence-corrected chi connectivity index (χ0v) is 15.1. The molecule has 6 heteroatoms. The summed E-state index contributed by atoms with van der Waals surface area (Å²) in [5, 5.41) is 4.04. The first kappa shape index (κ1) is 17.8. The van der Waals surface area contributed by atoms with Crippen LogP contribution in [0.25, 0.3) is 0 Å². The molecule has 3 rings (SSSR count). The van der Waals surface area contributed by atoms with Gasteiger partial charge in [0, 0.05) is 35.5 Å². The minimum atomic E-state index is -0.118. The van der Waals surface area contributed by atoms with Gasteiger partial charge < -0.3 is 10.2 Å². The van der Waals surface area contributed by atoms with Crippen LogP contribution in [-0.2, 0) is 9.59 Å². The van der Waals surface area contributed by atoms with Gasteiger partial charge in [-0.05, 0) is 35.4 Å². The summed E-state index contributed by atoms with van der Waals surface area (Å²) >= 11 is 12.0. The number of nitrogens with one attached hydrogen (secondary N) is 1. The van der Waals surface area contributed by atoms with Crippen LogP contribution in [-0.4, -0.2) is 36.3 Å². The van der Waals surface area contributed by atoms with E-state index in [0.717, 1.165) is 11.1 Å². The van der Waals surface area contributed by atoms with Crippen LogP contribution in [0.2, 0.25) is 10.0 Å². The lowest BCUT2D eigenvalue weighted by Gasteiger charge is -2.28. The van der Waals surface area contributed by atoms with Crippen LogP contribution in [0.1, 0.15) is 23.5 Å². The molecule has 1 N–H and O–H groups in total. The van der Waals surface area contributed by atoms with Crippen molar-refractivity contribution in [3.05, 3.63) is 69.7 Å². The summed E-state index contributed by atoms with van der Waals surface area (Å²) < 4.78 is 0. The van der Waals surface area contributed by atoms with E-state index in [1.807, 2.05) is 48.5 Å². The number of hydrogen-bond acceptors (Lipinski definition) is 2. The number of nitrogens with zero attached hydrogens (tertiary/aromatic N) is 1. The van der Waals surface area contributed by atoms with E-state index in [4.69, 9.17) is 23.2 Å². The predicted molar refractivity (Wildman–Crippen MR) is 99.0 cm³/mol. The summed E-state index contributed by atoms with van der Waals surface area (Å²) in [5.74, 6) is -0.272. The molecule has 0 aliphatic carbocycles. The Morgan fingerprint density at radius 2 is 1.52 bits per heavy atom. The van der Waals surface area contributed by atoms with E-state index in [2.05, 4.69) is 5.32 Å². The fraction of sp³-hybridized carbons (Fsp3) is 0.263. The van der Waals surface area contributed by atoms with Crippen molar-refractivity contribution in [1.29, 1.82) is 0 Å². The predicted octanol–water partition coefficient (Wildman–Crippen LogP) is 3.47. The SMILES string of the molecule is O=C1CN(C(=O)CC(c2ccc(Cl)cc2)c2ccc(Cl)cc2)CCN1. The van der Waals surface area contributed by atoms with Crippen molar-refractivity contribution < 1.29 is 9.59 Å². The molecule has 4 nitrogen and oxygen atoms in total. The van der Waals surface area contributed by atoms with E-state index < -0.39 is 0 Å². The molecule has 0 aromatic heterocycles. The zero-order chi connectivity index (χ0) is 17.8. The monoisotopic (exact) mass is 376 g/mol. The lowest BCUT2D eigenvalue weighted by Crippen LogP contribution is -2.50. The van der Waals surface area contributed by atoms with Gasteiger partial charge in [0.25, 0.3) is 0 Å². The molecule has 0 bridgehead atoms. The highest BCUT2D eigenvalue weighted by molar-refractivity contribution is 6.30. The Morgan fingerprint density at radius 3 is 2.00 bits per heavy atom. The molecule has 1 aliphatic rings. The van der Waals surface area contributed by atoms with Crippen molar-refractivity contribution in [2.45, 2.75) is 12.3 Å². The average Bonchev–Trinajstić information content (AvgIpc) is 2.61. The summed E-state index contributed by atoms with van der Waals surface area (Å²) in [6.07, 6.45) is 0.288. The number of benzene rings is 2. The number of carbonyl (C=O) groups excluding carboxylic acids is 2. The Morgan fingerprint density at radius 1 is 1.00 bits per heavy atom. The number of carbonyl (C=O) groups is 2. The molecule has 1 saturated heterocycles. The van der Waals surface area contributed by atoms with Gasteiger partial charge >= 0.3 is 0 Å². The first-order valence-corrected chi connectivity index (χ1v) is 8.84. The molecule has 1 aliphatic heterocycles. The van der Waals surface area contributed by atoms with Gasteiger partial charge in [-0.15, -0.1) is 0 Å². The summed E-state index contributed by atoms with van der Waals surface area (Å²) in [7, 11) is 0. The van der Waals surface area contributed by atoms with Crippen LogP contribution in [0, 0.1) is 0 Å². The van der Waals surface area contributed by atoms with E-state index in [0.29, 0.717) is 23.1 Å². The maximum atomic E-state index is 12.7. The minimum Gasteiger partial charge on any atom is -0.353 e. The van der Waals surface area contributed by atoms with Crippen molar-refractivity contribution in [1.82, 2.24) is 10.2 Å². The fourth-order valence-corrected chi connectivity index (χ4v) is 3.23. The summed E-state index contributed by atoms with van der Waals surface area (Å²) in [4.78, 5) is 25.9. The highest BCUT2D eigenvalue weighted by Crippen LogP contribution is 2.30. The number of rotatable bonds is 4. The molecule has 1 fully saturated rings. The Kier molecular flexibility index (Phi) is 5.61. The molecule has 1 heterocycles. The topological polar surface area (TPSA) is 49.4 Å². The Hall–Kier alpha value is -2.04. The number of piperazine rings is 1. The van der Waals surface area contributed by atoms with Gasteiger partial charge in [0.2, 0.25) is 11.8 Å². The highest BCUT2D eigenvalue weighted by atomic mass is 35.5. The molecule has 2 aromatic carbocycles. The van der Waals surface area contributed by atoms with Crippen molar-refractivity contribution >= 4 is 35.0 Å². The largest absolute Gasteiger partial charge is 0.353 e. The van der Waals surface area contributed by atoms with E-state index in [-0.39, 0.29) is 30.7 Å². The van der Waals surface area contributed by atoms with Crippen LogP contribution in [0.15, 0.2) is 48.5 Å². The van der Waals surface area contributed by atoms with E-state index in [1.165, 1.54) is 0 Å². The van der Waals surface area contributed by atoms with Crippen LogP contribution < -0.4 is 5.32 Å². The third kappa shape index (κ3) is 4.53. The Bertz CT molecular complexity index is 714. The van der Waals surface area contributed by atoms with Gasteiger partial charge in [-0.2, -0.15) is 0 Å². The lowest BCUT2D eigenvalue weighted by atomic mass is 9.88.